The fourth-order valence-corrected chi connectivity index (χ4v) is 9.49. The number of hydroxylamine groups is 2. The summed E-state index contributed by atoms with van der Waals surface area (Å²) in [6, 6.07) is 10.2. The smallest absolute Gasteiger partial charge is 0.333 e. The number of carbonyl (C=O) groups is 3. The summed E-state index contributed by atoms with van der Waals surface area (Å²) in [6.45, 7) is 8.18. The molecule has 58 heavy (non-hydrogen) atoms. The summed E-state index contributed by atoms with van der Waals surface area (Å²) in [6.07, 6.45) is 8.02. The molecule has 316 valence electrons. The molecule has 0 aromatic heterocycles. The summed E-state index contributed by atoms with van der Waals surface area (Å²) in [4.78, 5) is 42.9. The zero-order valence-corrected chi connectivity index (χ0v) is 35.3. The van der Waals surface area contributed by atoms with Crippen molar-refractivity contribution in [2.24, 2.45) is 0 Å². The Kier molecular flexibility index (Phi) is 13.2. The number of carbonyl (C=O) groups excluding carboxylic acids is 3. The molecule has 3 heterocycles. The third kappa shape index (κ3) is 10.3. The molecule has 2 aromatic rings. The Balaban J connectivity index is 1.48. The first kappa shape index (κ1) is 44.8. The van der Waals surface area contributed by atoms with E-state index in [1.165, 1.54) is 12.1 Å². The molecule has 1 unspecified atom stereocenters. The molecule has 0 bridgehead atoms. The van der Waals surface area contributed by atoms with Crippen LogP contribution in [-0.4, -0.2) is 96.6 Å². The first-order chi connectivity index (χ1) is 26.9. The molecule has 3 aliphatic rings. The first-order valence-corrected chi connectivity index (χ1v) is 23.6. The molecule has 0 aliphatic carbocycles. The Morgan fingerprint density at radius 1 is 0.845 bits per heavy atom. The van der Waals surface area contributed by atoms with Gasteiger partial charge in [0.05, 0.1) is 21.8 Å². The summed E-state index contributed by atoms with van der Waals surface area (Å²) in [5, 5.41) is 0.529. The summed E-state index contributed by atoms with van der Waals surface area (Å²) < 4.78 is 102. The van der Waals surface area contributed by atoms with E-state index in [4.69, 9.17) is 4.84 Å². The van der Waals surface area contributed by atoms with Crippen LogP contribution in [0.25, 0.3) is 0 Å². The van der Waals surface area contributed by atoms with E-state index in [1.807, 2.05) is 60.6 Å². The van der Waals surface area contributed by atoms with Crippen LogP contribution in [0.5, 0.6) is 0 Å². The molecule has 0 spiro atoms. The minimum Gasteiger partial charge on any atom is -0.344 e. The van der Waals surface area contributed by atoms with Crippen molar-refractivity contribution in [3.8, 4) is 0 Å². The third-order valence-electron chi connectivity index (χ3n) is 10.9. The van der Waals surface area contributed by atoms with E-state index in [2.05, 4.69) is 13.0 Å². The van der Waals surface area contributed by atoms with Crippen LogP contribution >= 0.6 is 0 Å². The highest BCUT2D eigenvalue weighted by molar-refractivity contribution is 7.86. The number of imide groups is 1. The van der Waals surface area contributed by atoms with Gasteiger partial charge < -0.3 is 9.74 Å². The van der Waals surface area contributed by atoms with Crippen molar-refractivity contribution in [3.05, 3.63) is 77.0 Å². The second kappa shape index (κ2) is 17.1. The van der Waals surface area contributed by atoms with Gasteiger partial charge in [-0.15, -0.1) is 5.06 Å². The molecule has 16 nitrogen and oxygen atoms in total. The summed E-state index contributed by atoms with van der Waals surface area (Å²) in [5.41, 5.74) is 4.06. The normalized spacial score (nSPS) is 20.2. The molecular formula is C39H50N3O13S3+. The Labute approximate surface area is 339 Å². The van der Waals surface area contributed by atoms with Crippen LogP contribution in [0.2, 0.25) is 0 Å². The van der Waals surface area contributed by atoms with Crippen LogP contribution < -0.4 is 4.90 Å². The molecular weight excluding hydrogens is 815 g/mol. The van der Waals surface area contributed by atoms with Gasteiger partial charge in [-0.3, -0.25) is 23.2 Å². The Hall–Kier alpha value is -4.27. The van der Waals surface area contributed by atoms with Crippen LogP contribution in [0.3, 0.4) is 0 Å². The Morgan fingerprint density at radius 2 is 1.50 bits per heavy atom. The highest BCUT2D eigenvalue weighted by Gasteiger charge is 2.46. The second-order valence-corrected chi connectivity index (χ2v) is 20.2. The number of nitrogens with zero attached hydrogens (tertiary/aromatic N) is 3. The molecule has 0 saturated carbocycles. The predicted octanol–water partition coefficient (Wildman–Crippen LogP) is 4.95. The minimum absolute atomic E-state index is 0.0000885. The van der Waals surface area contributed by atoms with Crippen molar-refractivity contribution < 1.29 is 62.7 Å². The van der Waals surface area contributed by atoms with E-state index >= 15 is 0 Å². The number of aryl methyl sites for hydroxylation is 1. The number of fused-ring (bicyclic) bond motifs is 2. The highest BCUT2D eigenvalue weighted by Crippen LogP contribution is 2.51. The molecule has 1 saturated heterocycles. The number of rotatable bonds is 18. The number of unbranched alkanes of at least 4 members (excludes halogenated alkanes) is 2. The SMILES string of the molecule is Cc1ccc2c(c1)C(C)(CCCCCC(=O)ON1C(=O)CCC1=O)C(=CC=CC1=[N+](CCCS(=O)(=O)O)c3ccc(S(=O)(=O)O)cc3C1(C)C)N2CCCS(=O)(=O)O. The fourth-order valence-electron chi connectivity index (χ4n) is 8.00. The Morgan fingerprint density at radius 3 is 2.14 bits per heavy atom. The van der Waals surface area contributed by atoms with Gasteiger partial charge in [0.2, 0.25) is 5.69 Å². The molecule has 1 fully saturated rings. The maximum Gasteiger partial charge on any atom is 0.333 e. The molecule has 0 radical (unpaired) electrons. The molecule has 5 rings (SSSR count). The van der Waals surface area contributed by atoms with Gasteiger partial charge in [-0.25, -0.2) is 4.79 Å². The van der Waals surface area contributed by atoms with Crippen LogP contribution in [0, 0.1) is 6.92 Å². The maximum atomic E-state index is 12.4. The van der Waals surface area contributed by atoms with Gasteiger partial charge in [-0.1, -0.05) is 36.6 Å². The molecule has 3 N–H and O–H groups in total. The zero-order chi connectivity index (χ0) is 42.8. The van der Waals surface area contributed by atoms with E-state index in [0.29, 0.717) is 47.7 Å². The molecule has 19 heteroatoms. The highest BCUT2D eigenvalue weighted by atomic mass is 32.2. The van der Waals surface area contributed by atoms with Crippen LogP contribution in [0.15, 0.2) is 65.2 Å². The van der Waals surface area contributed by atoms with Gasteiger partial charge in [0, 0.05) is 66.7 Å². The van der Waals surface area contributed by atoms with Gasteiger partial charge in [0.25, 0.3) is 42.2 Å². The number of allylic oxidation sites excluding steroid dienone is 4. The van der Waals surface area contributed by atoms with E-state index in [9.17, 15) is 53.3 Å². The molecule has 1 atom stereocenters. The lowest BCUT2D eigenvalue weighted by atomic mass is 9.76. The van der Waals surface area contributed by atoms with Gasteiger partial charge in [0.1, 0.15) is 6.54 Å². The number of hydrogen-bond acceptors (Lipinski definition) is 11. The van der Waals surface area contributed by atoms with Gasteiger partial charge in [-0.2, -0.15) is 29.8 Å². The minimum atomic E-state index is -4.54. The molecule has 2 amide bonds. The van der Waals surface area contributed by atoms with Crippen molar-refractivity contribution in [2.75, 3.05) is 29.5 Å². The molecule has 3 aliphatic heterocycles. The third-order valence-corrected chi connectivity index (χ3v) is 13.3. The fraction of sp³-hybridized carbons (Fsp3) is 0.487. The largest absolute Gasteiger partial charge is 0.344 e. The Bertz CT molecular complexity index is 2400. The van der Waals surface area contributed by atoms with Crippen LogP contribution in [0.1, 0.15) is 95.2 Å². The lowest BCUT2D eigenvalue weighted by Crippen LogP contribution is -2.32. The van der Waals surface area contributed by atoms with Crippen LogP contribution in [0.4, 0.5) is 11.4 Å². The van der Waals surface area contributed by atoms with Crippen molar-refractivity contribution >= 4 is 65.2 Å². The average molecular weight is 865 g/mol. The van der Waals surface area contributed by atoms with Crippen molar-refractivity contribution in [2.45, 2.75) is 101 Å². The van der Waals surface area contributed by atoms with Gasteiger partial charge in [-0.05, 0) is 76.8 Å². The van der Waals surface area contributed by atoms with E-state index in [1.54, 1.807) is 6.07 Å². The van der Waals surface area contributed by atoms with E-state index < -0.39 is 70.5 Å². The van der Waals surface area contributed by atoms with Crippen molar-refractivity contribution in [3.63, 3.8) is 0 Å². The zero-order valence-electron chi connectivity index (χ0n) is 32.9. The number of hydrogen-bond donors (Lipinski definition) is 3. The quantitative estimate of drug-likeness (QED) is 0.0779. The summed E-state index contributed by atoms with van der Waals surface area (Å²) in [7, 11) is -13.1. The summed E-state index contributed by atoms with van der Waals surface area (Å²) >= 11 is 0. The topological polar surface area (TPSA) is 233 Å². The second-order valence-electron chi connectivity index (χ2n) is 15.6. The van der Waals surface area contributed by atoms with Crippen molar-refractivity contribution in [1.82, 2.24) is 5.06 Å². The standard InChI is InChI=1S/C39H49N3O13S3/c1-27-14-16-32-30(25-27)39(4,20-7-5-6-13-37(45)55-42-35(43)18-19-36(42)44)34(41(32)22-10-24-57(49,50)51)12-8-11-33-38(2,3)29-26-28(58(52,53)54)15-17-31(29)40(33)21-9-23-56(46,47)48/h8,11-12,14-17,25-26H,5-7,9-10,13,18-24H2,1-4H3,(H2-,46,47,48,49,50,51,52,53,54)/p+1. The van der Waals surface area contributed by atoms with E-state index in [0.717, 1.165) is 22.5 Å². The van der Waals surface area contributed by atoms with Gasteiger partial charge in [0.15, 0.2) is 5.71 Å². The van der Waals surface area contributed by atoms with Crippen LogP contribution in [-0.2, 0) is 60.4 Å². The van der Waals surface area contributed by atoms with E-state index in [-0.39, 0.29) is 50.1 Å². The lowest BCUT2D eigenvalue weighted by molar-refractivity contribution is -0.437. The number of amides is 2. The first-order valence-electron chi connectivity index (χ1n) is 18.9. The summed E-state index contributed by atoms with van der Waals surface area (Å²) in [5.74, 6) is -2.73. The number of benzene rings is 2. The predicted molar refractivity (Wildman–Crippen MR) is 215 cm³/mol. The van der Waals surface area contributed by atoms with Crippen molar-refractivity contribution in [1.29, 1.82) is 0 Å². The number of anilines is 1. The van der Waals surface area contributed by atoms with Gasteiger partial charge >= 0.3 is 5.97 Å². The average Bonchev–Trinajstić information content (AvgIpc) is 3.62. The molecule has 2 aromatic carbocycles. The lowest BCUT2D eigenvalue weighted by Gasteiger charge is -2.30. The maximum absolute atomic E-state index is 12.4. The monoisotopic (exact) mass is 864 g/mol.